The summed E-state index contributed by atoms with van der Waals surface area (Å²) in [4.78, 5) is 16.1. The number of nitrogens with zero attached hydrogens (tertiary/aromatic N) is 5. The molecule has 0 bridgehead atoms. The number of aliphatic imine (C=N–C) groups is 1. The summed E-state index contributed by atoms with van der Waals surface area (Å²) in [7, 11) is 5.72. The van der Waals surface area contributed by atoms with Gasteiger partial charge in [0.1, 0.15) is 11.6 Å². The Morgan fingerprint density at radius 3 is 2.72 bits per heavy atom. The molecule has 172 valence electrons. The third kappa shape index (κ3) is 5.43. The minimum absolute atomic E-state index is 0.337. The molecule has 1 unspecified atom stereocenters. The Hall–Kier alpha value is -3.00. The van der Waals surface area contributed by atoms with Crippen molar-refractivity contribution in [2.75, 3.05) is 70.3 Å². The van der Waals surface area contributed by atoms with Crippen LogP contribution < -0.4 is 25.2 Å². The van der Waals surface area contributed by atoms with Gasteiger partial charge in [-0.2, -0.15) is 0 Å². The van der Waals surface area contributed by atoms with Crippen molar-refractivity contribution in [3.8, 4) is 5.75 Å². The summed E-state index contributed by atoms with van der Waals surface area (Å²) in [5.74, 6) is 2.81. The standard InChI is InChI=1S/C24H35N7O/c1-25-24(28-20-9-11-31(18-20)21-6-4-5-7-22(21)32-3)27-17-19-8-10-26-23(16-19)30-14-12-29(2)13-15-30/h4-8,10,16,20H,9,11-15,17-18H2,1-3H3,(H2,25,27,28). The number of nitrogens with one attached hydrogen (secondary N) is 2. The van der Waals surface area contributed by atoms with Crippen molar-refractivity contribution in [1.82, 2.24) is 20.5 Å². The lowest BCUT2D eigenvalue weighted by atomic mass is 10.2. The Balaban J connectivity index is 1.30. The quantitative estimate of drug-likeness (QED) is 0.527. The van der Waals surface area contributed by atoms with E-state index in [1.807, 2.05) is 25.4 Å². The lowest BCUT2D eigenvalue weighted by Crippen LogP contribution is -2.45. The topological polar surface area (TPSA) is 68.3 Å². The molecule has 0 amide bonds. The van der Waals surface area contributed by atoms with E-state index in [1.54, 1.807) is 7.11 Å². The molecular weight excluding hydrogens is 402 g/mol. The van der Waals surface area contributed by atoms with E-state index in [0.717, 1.165) is 68.9 Å². The highest BCUT2D eigenvalue weighted by Crippen LogP contribution is 2.30. The van der Waals surface area contributed by atoms with Crippen LogP contribution in [0.2, 0.25) is 0 Å². The van der Waals surface area contributed by atoms with Gasteiger partial charge in [0.15, 0.2) is 5.96 Å². The van der Waals surface area contributed by atoms with Crippen LogP contribution in [0.5, 0.6) is 5.75 Å². The number of guanidine groups is 1. The Morgan fingerprint density at radius 2 is 1.94 bits per heavy atom. The van der Waals surface area contributed by atoms with Crippen LogP contribution in [0.4, 0.5) is 11.5 Å². The smallest absolute Gasteiger partial charge is 0.191 e. The van der Waals surface area contributed by atoms with Gasteiger partial charge >= 0.3 is 0 Å². The number of likely N-dealkylation sites (N-methyl/N-ethyl adjacent to an activating group) is 1. The Bertz CT molecular complexity index is 911. The van der Waals surface area contributed by atoms with Crippen LogP contribution >= 0.6 is 0 Å². The molecule has 2 aliphatic rings. The molecule has 32 heavy (non-hydrogen) atoms. The van der Waals surface area contributed by atoms with Crippen molar-refractivity contribution >= 4 is 17.5 Å². The van der Waals surface area contributed by atoms with Crippen LogP contribution in [0.25, 0.3) is 0 Å². The number of hydrogen-bond acceptors (Lipinski definition) is 6. The molecule has 8 heteroatoms. The largest absolute Gasteiger partial charge is 0.495 e. The molecule has 2 aliphatic heterocycles. The molecule has 1 atom stereocenters. The fraction of sp³-hybridized carbons (Fsp3) is 0.500. The minimum Gasteiger partial charge on any atom is -0.495 e. The van der Waals surface area contributed by atoms with Crippen LogP contribution in [0.1, 0.15) is 12.0 Å². The number of pyridine rings is 1. The van der Waals surface area contributed by atoms with E-state index < -0.39 is 0 Å². The normalized spacial score (nSPS) is 19.8. The van der Waals surface area contributed by atoms with Gasteiger partial charge in [0.05, 0.1) is 12.8 Å². The van der Waals surface area contributed by atoms with Crippen LogP contribution in [-0.4, -0.2) is 82.4 Å². The van der Waals surface area contributed by atoms with Crippen LogP contribution in [-0.2, 0) is 6.54 Å². The van der Waals surface area contributed by atoms with Crippen molar-refractivity contribution in [2.45, 2.75) is 19.0 Å². The minimum atomic E-state index is 0.337. The first-order chi connectivity index (χ1) is 15.7. The summed E-state index contributed by atoms with van der Waals surface area (Å²) in [6, 6.07) is 12.8. The monoisotopic (exact) mass is 437 g/mol. The number of rotatable bonds is 6. The van der Waals surface area contributed by atoms with E-state index in [0.29, 0.717) is 12.6 Å². The summed E-state index contributed by atoms with van der Waals surface area (Å²) >= 11 is 0. The van der Waals surface area contributed by atoms with Gasteiger partial charge in [0.2, 0.25) is 0 Å². The molecule has 3 heterocycles. The average Bonchev–Trinajstić information content (AvgIpc) is 3.30. The first-order valence-corrected chi connectivity index (χ1v) is 11.4. The molecule has 1 aromatic heterocycles. The second-order valence-corrected chi connectivity index (χ2v) is 8.49. The summed E-state index contributed by atoms with van der Waals surface area (Å²) in [6.45, 7) is 6.83. The van der Waals surface area contributed by atoms with Gasteiger partial charge in [0.25, 0.3) is 0 Å². The number of anilines is 2. The lowest BCUT2D eigenvalue weighted by molar-refractivity contribution is 0.312. The van der Waals surface area contributed by atoms with Gasteiger partial charge in [-0.3, -0.25) is 4.99 Å². The van der Waals surface area contributed by atoms with E-state index in [9.17, 15) is 0 Å². The molecule has 0 aliphatic carbocycles. The van der Waals surface area contributed by atoms with E-state index in [4.69, 9.17) is 4.74 Å². The highest BCUT2D eigenvalue weighted by atomic mass is 16.5. The molecule has 2 N–H and O–H groups in total. The van der Waals surface area contributed by atoms with Gasteiger partial charge < -0.3 is 30.1 Å². The first-order valence-electron chi connectivity index (χ1n) is 11.4. The van der Waals surface area contributed by atoms with Gasteiger partial charge in [-0.15, -0.1) is 0 Å². The van der Waals surface area contributed by atoms with Gasteiger partial charge in [-0.05, 0) is 43.3 Å². The van der Waals surface area contributed by atoms with Gasteiger partial charge in [0, 0.05) is 65.1 Å². The fourth-order valence-electron chi connectivity index (χ4n) is 4.34. The van der Waals surface area contributed by atoms with Crippen molar-refractivity contribution < 1.29 is 4.74 Å². The molecule has 0 radical (unpaired) electrons. The van der Waals surface area contributed by atoms with Crippen LogP contribution in [0, 0.1) is 0 Å². The predicted octanol–water partition coefficient (Wildman–Crippen LogP) is 1.79. The number of methoxy groups -OCH3 is 1. The molecular formula is C24H35N7O. The summed E-state index contributed by atoms with van der Waals surface area (Å²) < 4.78 is 5.53. The Labute approximate surface area is 191 Å². The highest BCUT2D eigenvalue weighted by molar-refractivity contribution is 5.80. The van der Waals surface area contributed by atoms with E-state index >= 15 is 0 Å². The van der Waals surface area contributed by atoms with Gasteiger partial charge in [-0.1, -0.05) is 12.1 Å². The van der Waals surface area contributed by atoms with Crippen LogP contribution in [0.15, 0.2) is 47.6 Å². The fourth-order valence-corrected chi connectivity index (χ4v) is 4.34. The van der Waals surface area contributed by atoms with Crippen molar-refractivity contribution in [2.24, 2.45) is 4.99 Å². The lowest BCUT2D eigenvalue weighted by Gasteiger charge is -2.33. The molecule has 0 saturated carbocycles. The summed E-state index contributed by atoms with van der Waals surface area (Å²) in [5.41, 5.74) is 2.36. The summed E-state index contributed by atoms with van der Waals surface area (Å²) in [6.07, 6.45) is 2.96. The number of hydrogen-bond donors (Lipinski definition) is 2. The second-order valence-electron chi connectivity index (χ2n) is 8.49. The molecule has 2 aromatic rings. The molecule has 2 saturated heterocycles. The van der Waals surface area contributed by atoms with Crippen molar-refractivity contribution in [1.29, 1.82) is 0 Å². The molecule has 2 fully saturated rings. The van der Waals surface area contributed by atoms with Crippen molar-refractivity contribution in [3.05, 3.63) is 48.2 Å². The number of benzene rings is 1. The zero-order valence-corrected chi connectivity index (χ0v) is 19.4. The van der Waals surface area contributed by atoms with E-state index in [1.165, 1.54) is 5.56 Å². The van der Waals surface area contributed by atoms with E-state index in [2.05, 4.69) is 66.6 Å². The SMILES string of the molecule is CN=C(NCc1ccnc(N2CCN(C)CC2)c1)NC1CCN(c2ccccc2OC)C1. The van der Waals surface area contributed by atoms with E-state index in [-0.39, 0.29) is 0 Å². The second kappa shape index (κ2) is 10.5. The number of piperazine rings is 1. The third-order valence-corrected chi connectivity index (χ3v) is 6.28. The van der Waals surface area contributed by atoms with Crippen LogP contribution in [0.3, 0.4) is 0 Å². The molecule has 0 spiro atoms. The maximum atomic E-state index is 5.53. The Morgan fingerprint density at radius 1 is 1.12 bits per heavy atom. The Kier molecular flexibility index (Phi) is 7.32. The number of aromatic nitrogens is 1. The average molecular weight is 438 g/mol. The predicted molar refractivity (Wildman–Crippen MR) is 131 cm³/mol. The highest BCUT2D eigenvalue weighted by Gasteiger charge is 2.25. The van der Waals surface area contributed by atoms with Crippen molar-refractivity contribution in [3.63, 3.8) is 0 Å². The zero-order valence-electron chi connectivity index (χ0n) is 19.4. The molecule has 1 aromatic carbocycles. The first kappa shape index (κ1) is 22.2. The van der Waals surface area contributed by atoms with Gasteiger partial charge in [-0.25, -0.2) is 4.98 Å². The number of ether oxygens (including phenoxy) is 1. The third-order valence-electron chi connectivity index (χ3n) is 6.28. The number of para-hydroxylation sites is 2. The molecule has 8 nitrogen and oxygen atoms in total. The molecule has 4 rings (SSSR count). The maximum Gasteiger partial charge on any atom is 0.191 e. The maximum absolute atomic E-state index is 5.53. The summed E-state index contributed by atoms with van der Waals surface area (Å²) in [5, 5.41) is 7.05. The zero-order chi connectivity index (χ0) is 22.3.